The van der Waals surface area contributed by atoms with E-state index in [1.165, 1.54) is 48.0 Å². The van der Waals surface area contributed by atoms with Gasteiger partial charge in [0.25, 0.3) is 0 Å². The summed E-state index contributed by atoms with van der Waals surface area (Å²) in [7, 11) is 0. The van der Waals surface area contributed by atoms with E-state index in [-0.39, 0.29) is 0 Å². The summed E-state index contributed by atoms with van der Waals surface area (Å²) in [6, 6.07) is 8.95. The van der Waals surface area contributed by atoms with Gasteiger partial charge in [0.15, 0.2) is 0 Å². The Morgan fingerprint density at radius 1 is 0.966 bits per heavy atom. The van der Waals surface area contributed by atoms with Crippen LogP contribution in [0.15, 0.2) is 29.6 Å². The smallest absolute Gasteiger partial charge is 0.226 e. The fraction of sp³-hybridized carbons (Fsp3) is 0.625. The lowest BCUT2D eigenvalue weighted by Crippen LogP contribution is -2.46. The van der Waals surface area contributed by atoms with E-state index in [1.54, 1.807) is 0 Å². The predicted octanol–water partition coefficient (Wildman–Crippen LogP) is 4.45. The summed E-state index contributed by atoms with van der Waals surface area (Å²) >= 11 is 1.83. The second-order valence-corrected chi connectivity index (χ2v) is 10.0. The van der Waals surface area contributed by atoms with Crippen LogP contribution in [0.1, 0.15) is 38.5 Å². The van der Waals surface area contributed by atoms with Crippen LogP contribution in [-0.2, 0) is 4.79 Å². The second kappa shape index (κ2) is 8.65. The highest BCUT2D eigenvalue weighted by atomic mass is 32.1. The molecule has 1 aromatic heterocycles. The summed E-state index contributed by atoms with van der Waals surface area (Å²) < 4.78 is 1.39. The zero-order valence-electron chi connectivity index (χ0n) is 17.4. The van der Waals surface area contributed by atoms with Crippen molar-refractivity contribution < 1.29 is 4.79 Å². The average molecular weight is 412 g/mol. The number of unbranched alkanes of at least 4 members (excludes halogenated alkanes) is 1. The van der Waals surface area contributed by atoms with E-state index in [0.29, 0.717) is 17.7 Å². The fourth-order valence-corrected chi connectivity index (χ4v) is 6.47. The molecule has 5 rings (SSSR count). The van der Waals surface area contributed by atoms with Gasteiger partial charge < -0.3 is 9.80 Å². The third-order valence-corrected chi connectivity index (χ3v) is 8.21. The van der Waals surface area contributed by atoms with Crippen LogP contribution in [0.5, 0.6) is 0 Å². The van der Waals surface area contributed by atoms with Gasteiger partial charge in [0, 0.05) is 61.0 Å². The van der Waals surface area contributed by atoms with Gasteiger partial charge in [0.2, 0.25) is 5.91 Å². The van der Waals surface area contributed by atoms with Crippen molar-refractivity contribution in [2.24, 2.45) is 11.8 Å². The monoisotopic (exact) mass is 411 g/mol. The quantitative estimate of drug-likeness (QED) is 0.657. The Morgan fingerprint density at radius 2 is 1.79 bits per heavy atom. The van der Waals surface area contributed by atoms with E-state index >= 15 is 0 Å². The highest BCUT2D eigenvalue weighted by Gasteiger charge is 2.40. The van der Waals surface area contributed by atoms with Crippen LogP contribution in [0.2, 0.25) is 0 Å². The minimum Gasteiger partial charge on any atom is -0.368 e. The Kier molecular flexibility index (Phi) is 5.78. The van der Waals surface area contributed by atoms with Crippen molar-refractivity contribution in [3.05, 3.63) is 29.6 Å². The molecule has 2 aliphatic heterocycles. The molecule has 1 saturated carbocycles. The molecule has 1 aromatic carbocycles. The average Bonchev–Trinajstić information content (AvgIpc) is 3.37. The van der Waals surface area contributed by atoms with Crippen molar-refractivity contribution in [3.8, 4) is 0 Å². The first-order valence-electron chi connectivity index (χ1n) is 11.5. The van der Waals surface area contributed by atoms with Crippen LogP contribution in [0.25, 0.3) is 10.1 Å². The van der Waals surface area contributed by atoms with Gasteiger partial charge in [0.1, 0.15) is 0 Å². The Balaban J connectivity index is 1.05. The number of piperazine rings is 1. The molecular weight excluding hydrogens is 378 g/mol. The Hall–Kier alpha value is -1.59. The van der Waals surface area contributed by atoms with Crippen LogP contribution in [0.3, 0.4) is 0 Å². The molecule has 2 atom stereocenters. The zero-order valence-corrected chi connectivity index (χ0v) is 18.2. The van der Waals surface area contributed by atoms with Gasteiger partial charge in [-0.25, -0.2) is 0 Å². The molecule has 3 aliphatic rings. The molecule has 4 nitrogen and oxygen atoms in total. The van der Waals surface area contributed by atoms with Crippen LogP contribution in [0.4, 0.5) is 5.69 Å². The van der Waals surface area contributed by atoms with Crippen LogP contribution < -0.4 is 4.90 Å². The number of anilines is 1. The van der Waals surface area contributed by atoms with Crippen molar-refractivity contribution in [2.45, 2.75) is 38.5 Å². The van der Waals surface area contributed by atoms with Gasteiger partial charge in [-0.2, -0.15) is 0 Å². The number of fused-ring (bicyclic) bond motifs is 2. The molecule has 5 heteroatoms. The number of hydrogen-bond donors (Lipinski definition) is 0. The number of benzene rings is 1. The fourth-order valence-electron chi connectivity index (χ4n) is 5.66. The van der Waals surface area contributed by atoms with E-state index < -0.39 is 0 Å². The van der Waals surface area contributed by atoms with Crippen molar-refractivity contribution in [3.63, 3.8) is 0 Å². The number of carbonyl (C=O) groups excluding carboxylic acids is 1. The summed E-state index contributed by atoms with van der Waals surface area (Å²) in [6.45, 7) is 7.71. The second-order valence-electron chi connectivity index (χ2n) is 9.08. The molecule has 0 radical (unpaired) electrons. The number of carbonyl (C=O) groups is 1. The largest absolute Gasteiger partial charge is 0.368 e. The molecule has 156 valence electrons. The number of nitrogens with zero attached hydrogens (tertiary/aromatic N) is 3. The summed E-state index contributed by atoms with van der Waals surface area (Å²) in [5.74, 6) is 1.49. The van der Waals surface area contributed by atoms with Gasteiger partial charge >= 0.3 is 0 Å². The van der Waals surface area contributed by atoms with Crippen molar-refractivity contribution in [1.82, 2.24) is 9.80 Å². The normalized spacial score (nSPS) is 25.7. The van der Waals surface area contributed by atoms with Crippen molar-refractivity contribution >= 4 is 33.0 Å². The highest BCUT2D eigenvalue weighted by Crippen LogP contribution is 2.37. The van der Waals surface area contributed by atoms with Gasteiger partial charge in [-0.3, -0.25) is 9.69 Å². The van der Waals surface area contributed by atoms with E-state index in [1.807, 2.05) is 11.3 Å². The minimum atomic E-state index is 0.365. The molecule has 0 spiro atoms. The SMILES string of the molecule is O=C1[C@H]2CCCC[C@H]2CN1CCCCN1CCN(c2cccc3sccc23)CC1. The van der Waals surface area contributed by atoms with E-state index in [0.717, 1.165) is 52.1 Å². The topological polar surface area (TPSA) is 26.8 Å². The molecule has 1 aliphatic carbocycles. The third kappa shape index (κ3) is 4.04. The van der Waals surface area contributed by atoms with Gasteiger partial charge in [-0.15, -0.1) is 11.3 Å². The minimum absolute atomic E-state index is 0.365. The lowest BCUT2D eigenvalue weighted by molar-refractivity contribution is -0.131. The summed E-state index contributed by atoms with van der Waals surface area (Å²) in [6.07, 6.45) is 7.36. The number of likely N-dealkylation sites (tertiary alicyclic amines) is 1. The molecule has 3 fully saturated rings. The standard InChI is InChI=1S/C24H33N3OS/c28-24-20-7-2-1-6-19(20)18-27(24)12-4-3-11-25-13-15-26(16-14-25)22-8-5-9-23-21(22)10-17-29-23/h5,8-10,17,19-20H,1-4,6-7,11-16,18H2/t19-,20-/m0/s1. The molecule has 2 aromatic rings. The molecule has 0 bridgehead atoms. The van der Waals surface area contributed by atoms with E-state index in [9.17, 15) is 4.79 Å². The first kappa shape index (κ1) is 19.4. The number of thiophene rings is 1. The molecule has 2 saturated heterocycles. The lowest BCUT2D eigenvalue weighted by atomic mass is 9.81. The van der Waals surface area contributed by atoms with Crippen LogP contribution in [-0.4, -0.2) is 61.5 Å². The van der Waals surface area contributed by atoms with Crippen LogP contribution >= 0.6 is 11.3 Å². The first-order valence-corrected chi connectivity index (χ1v) is 12.4. The maximum Gasteiger partial charge on any atom is 0.226 e. The molecule has 3 heterocycles. The van der Waals surface area contributed by atoms with Crippen LogP contribution in [0, 0.1) is 11.8 Å². The number of rotatable bonds is 6. The zero-order chi connectivity index (χ0) is 19.6. The predicted molar refractivity (Wildman–Crippen MR) is 122 cm³/mol. The summed E-state index contributed by atoms with van der Waals surface area (Å²) in [5.41, 5.74) is 1.40. The molecule has 0 N–H and O–H groups in total. The molecule has 1 amide bonds. The Labute approximate surface area is 178 Å². The maximum atomic E-state index is 12.6. The van der Waals surface area contributed by atoms with E-state index in [4.69, 9.17) is 0 Å². The number of amides is 1. The number of hydrogen-bond acceptors (Lipinski definition) is 4. The van der Waals surface area contributed by atoms with Gasteiger partial charge in [0.05, 0.1) is 0 Å². The highest BCUT2D eigenvalue weighted by molar-refractivity contribution is 7.17. The van der Waals surface area contributed by atoms with Gasteiger partial charge in [-0.1, -0.05) is 18.9 Å². The Bertz CT molecular complexity index is 842. The Morgan fingerprint density at radius 3 is 2.66 bits per heavy atom. The summed E-state index contributed by atoms with van der Waals surface area (Å²) in [4.78, 5) is 19.9. The first-order chi connectivity index (χ1) is 14.3. The lowest BCUT2D eigenvalue weighted by Gasteiger charge is -2.36. The van der Waals surface area contributed by atoms with E-state index in [2.05, 4.69) is 44.3 Å². The molecule has 0 unspecified atom stereocenters. The van der Waals surface area contributed by atoms with Gasteiger partial charge in [-0.05, 0) is 61.7 Å². The maximum absolute atomic E-state index is 12.6. The summed E-state index contributed by atoms with van der Waals surface area (Å²) in [5, 5.41) is 3.60. The van der Waals surface area contributed by atoms with Crippen molar-refractivity contribution in [2.75, 3.05) is 50.7 Å². The third-order valence-electron chi connectivity index (χ3n) is 7.33. The molecular formula is C24H33N3OS. The van der Waals surface area contributed by atoms with Crippen molar-refractivity contribution in [1.29, 1.82) is 0 Å². The molecule has 29 heavy (non-hydrogen) atoms.